The molecule has 110 valence electrons. The molecule has 0 amide bonds. The van der Waals surface area contributed by atoms with Gasteiger partial charge in [0.25, 0.3) is 0 Å². The Labute approximate surface area is 115 Å². The zero-order valence-corrected chi connectivity index (χ0v) is 11.1. The van der Waals surface area contributed by atoms with Gasteiger partial charge in [0.2, 0.25) is 0 Å². The van der Waals surface area contributed by atoms with Crippen molar-refractivity contribution in [3.63, 3.8) is 0 Å². The fourth-order valence-electron chi connectivity index (χ4n) is 1.66. The van der Waals surface area contributed by atoms with Crippen LogP contribution in [-0.2, 0) is 9.53 Å². The van der Waals surface area contributed by atoms with E-state index in [0.717, 1.165) is 0 Å². The van der Waals surface area contributed by atoms with Crippen molar-refractivity contribution in [2.75, 3.05) is 14.2 Å². The van der Waals surface area contributed by atoms with E-state index < -0.39 is 24.1 Å². The number of aromatic carboxylic acids is 1. The summed E-state index contributed by atoms with van der Waals surface area (Å²) in [5.74, 6) is -1.70. The number of esters is 1. The van der Waals surface area contributed by atoms with Crippen molar-refractivity contribution in [2.24, 2.45) is 0 Å². The van der Waals surface area contributed by atoms with Gasteiger partial charge in [-0.2, -0.15) is 0 Å². The summed E-state index contributed by atoms with van der Waals surface area (Å²) in [5, 5.41) is 28.6. The molecule has 0 spiro atoms. The number of methoxy groups -OCH3 is 2. The molecule has 20 heavy (non-hydrogen) atoms. The predicted octanol–water partition coefficient (Wildman–Crippen LogP) is 0.351. The van der Waals surface area contributed by atoms with Gasteiger partial charge in [0.1, 0.15) is 11.9 Å². The molecule has 0 aliphatic carbocycles. The van der Waals surface area contributed by atoms with E-state index >= 15 is 0 Å². The summed E-state index contributed by atoms with van der Waals surface area (Å²) >= 11 is 0. The molecule has 0 fully saturated rings. The number of benzene rings is 1. The number of aliphatic hydroxyl groups excluding tert-OH is 2. The number of carbonyl (C=O) groups excluding carboxylic acids is 1. The summed E-state index contributed by atoms with van der Waals surface area (Å²) in [5.41, 5.74) is 0.175. The van der Waals surface area contributed by atoms with E-state index in [9.17, 15) is 19.8 Å². The Hall–Kier alpha value is -2.12. The first kappa shape index (κ1) is 15.9. The molecule has 2 atom stereocenters. The summed E-state index contributed by atoms with van der Waals surface area (Å²) in [6, 6.07) is 3.83. The Kier molecular flexibility index (Phi) is 5.48. The normalized spacial score (nSPS) is 13.4. The zero-order valence-electron chi connectivity index (χ0n) is 11.1. The first-order chi connectivity index (χ1) is 9.40. The van der Waals surface area contributed by atoms with Crippen LogP contribution in [0.15, 0.2) is 18.2 Å². The third-order valence-electron chi connectivity index (χ3n) is 2.77. The smallest absolute Gasteiger partial charge is 0.335 e. The molecule has 0 saturated carbocycles. The van der Waals surface area contributed by atoms with Gasteiger partial charge in [-0.25, -0.2) is 4.79 Å². The van der Waals surface area contributed by atoms with Crippen LogP contribution in [0.1, 0.15) is 28.4 Å². The lowest BCUT2D eigenvalue weighted by atomic mass is 9.99. The second-order valence-corrected chi connectivity index (χ2v) is 4.05. The van der Waals surface area contributed by atoms with E-state index in [2.05, 4.69) is 4.74 Å². The second kappa shape index (κ2) is 6.88. The van der Waals surface area contributed by atoms with E-state index in [-0.39, 0.29) is 23.3 Å². The first-order valence-corrected chi connectivity index (χ1v) is 5.74. The number of ether oxygens (including phenoxy) is 2. The molecule has 0 saturated heterocycles. The van der Waals surface area contributed by atoms with Crippen molar-refractivity contribution in [3.8, 4) is 5.75 Å². The van der Waals surface area contributed by atoms with Crippen LogP contribution >= 0.6 is 0 Å². The molecular formula is C13H16O7. The van der Waals surface area contributed by atoms with Gasteiger partial charge in [0.05, 0.1) is 32.3 Å². The fraction of sp³-hybridized carbons (Fsp3) is 0.385. The average Bonchev–Trinajstić information content (AvgIpc) is 2.45. The summed E-state index contributed by atoms with van der Waals surface area (Å²) in [4.78, 5) is 21.9. The highest BCUT2D eigenvalue weighted by Crippen LogP contribution is 2.29. The predicted molar refractivity (Wildman–Crippen MR) is 67.6 cm³/mol. The summed E-state index contributed by atoms with van der Waals surface area (Å²) in [7, 11) is 2.48. The third-order valence-corrected chi connectivity index (χ3v) is 2.77. The van der Waals surface area contributed by atoms with Crippen molar-refractivity contribution in [2.45, 2.75) is 18.6 Å². The lowest BCUT2D eigenvalue weighted by Gasteiger charge is -2.19. The van der Waals surface area contributed by atoms with Crippen molar-refractivity contribution >= 4 is 11.9 Å². The molecule has 1 aromatic rings. The Morgan fingerprint density at radius 2 is 1.90 bits per heavy atom. The van der Waals surface area contributed by atoms with Gasteiger partial charge in [-0.1, -0.05) is 6.07 Å². The number of rotatable bonds is 6. The fourth-order valence-corrected chi connectivity index (χ4v) is 1.66. The van der Waals surface area contributed by atoms with Crippen LogP contribution < -0.4 is 4.74 Å². The van der Waals surface area contributed by atoms with E-state index in [1.54, 1.807) is 0 Å². The zero-order chi connectivity index (χ0) is 15.3. The van der Waals surface area contributed by atoms with Crippen molar-refractivity contribution < 1.29 is 34.4 Å². The van der Waals surface area contributed by atoms with Crippen LogP contribution in [0.5, 0.6) is 5.75 Å². The molecule has 0 aromatic heterocycles. The number of carbonyl (C=O) groups is 2. The number of aliphatic hydroxyl groups is 2. The summed E-state index contributed by atoms with van der Waals surface area (Å²) in [6.07, 6.45) is -3.17. The monoisotopic (exact) mass is 284 g/mol. The molecule has 0 bridgehead atoms. The number of carboxylic acids is 1. The average molecular weight is 284 g/mol. The lowest BCUT2D eigenvalue weighted by molar-refractivity contribution is -0.144. The van der Waals surface area contributed by atoms with Crippen LogP contribution in [0.25, 0.3) is 0 Å². The molecule has 7 heteroatoms. The second-order valence-electron chi connectivity index (χ2n) is 4.05. The molecule has 1 aromatic carbocycles. The molecule has 7 nitrogen and oxygen atoms in total. The van der Waals surface area contributed by atoms with Crippen LogP contribution in [0.3, 0.4) is 0 Å². The molecule has 2 unspecified atom stereocenters. The molecule has 1 rings (SSSR count). The minimum absolute atomic E-state index is 0.0137. The summed E-state index contributed by atoms with van der Waals surface area (Å²) < 4.78 is 9.38. The van der Waals surface area contributed by atoms with Crippen molar-refractivity contribution in [1.82, 2.24) is 0 Å². The van der Waals surface area contributed by atoms with Gasteiger partial charge in [0, 0.05) is 5.56 Å². The van der Waals surface area contributed by atoms with Crippen LogP contribution in [0, 0.1) is 0 Å². The quantitative estimate of drug-likeness (QED) is 0.646. The van der Waals surface area contributed by atoms with Crippen molar-refractivity contribution in [1.29, 1.82) is 0 Å². The Balaban J connectivity index is 3.00. The molecule has 0 heterocycles. The third kappa shape index (κ3) is 3.69. The van der Waals surface area contributed by atoms with Gasteiger partial charge >= 0.3 is 11.9 Å². The molecule has 0 aliphatic heterocycles. The highest BCUT2D eigenvalue weighted by molar-refractivity contribution is 5.88. The van der Waals surface area contributed by atoms with Gasteiger partial charge in [0.15, 0.2) is 0 Å². The maximum absolute atomic E-state index is 11.1. The molecule has 0 aliphatic rings. The Bertz CT molecular complexity index is 497. The lowest BCUT2D eigenvalue weighted by Crippen LogP contribution is -2.23. The molecule has 3 N–H and O–H groups in total. The maximum Gasteiger partial charge on any atom is 0.335 e. The topological polar surface area (TPSA) is 113 Å². The first-order valence-electron chi connectivity index (χ1n) is 5.74. The van der Waals surface area contributed by atoms with Gasteiger partial charge in [-0.15, -0.1) is 0 Å². The highest BCUT2D eigenvalue weighted by Gasteiger charge is 2.25. The SMILES string of the molecule is COC(=O)CC(O)C(O)c1ccc(C(=O)O)cc1OC. The Morgan fingerprint density at radius 1 is 1.25 bits per heavy atom. The molecule has 0 radical (unpaired) electrons. The van der Waals surface area contributed by atoms with Crippen molar-refractivity contribution in [3.05, 3.63) is 29.3 Å². The largest absolute Gasteiger partial charge is 0.496 e. The van der Waals surface area contributed by atoms with Crippen LogP contribution in [0.2, 0.25) is 0 Å². The minimum Gasteiger partial charge on any atom is -0.496 e. The number of hydrogen-bond donors (Lipinski definition) is 3. The maximum atomic E-state index is 11.1. The highest BCUT2D eigenvalue weighted by atomic mass is 16.5. The molecular weight excluding hydrogens is 268 g/mol. The number of carboxylic acid groups (broad SMARTS) is 1. The van der Waals surface area contributed by atoms with Gasteiger partial charge < -0.3 is 24.8 Å². The number of hydrogen-bond acceptors (Lipinski definition) is 6. The van der Waals surface area contributed by atoms with E-state index in [1.165, 1.54) is 32.4 Å². The Morgan fingerprint density at radius 3 is 2.40 bits per heavy atom. The van der Waals surface area contributed by atoms with E-state index in [4.69, 9.17) is 9.84 Å². The van der Waals surface area contributed by atoms with Crippen LogP contribution in [-0.4, -0.2) is 47.6 Å². The minimum atomic E-state index is -1.40. The van der Waals surface area contributed by atoms with Gasteiger partial charge in [-0.05, 0) is 12.1 Å². The van der Waals surface area contributed by atoms with Crippen LogP contribution in [0.4, 0.5) is 0 Å². The van der Waals surface area contributed by atoms with E-state index in [1.807, 2.05) is 0 Å². The van der Waals surface area contributed by atoms with E-state index in [0.29, 0.717) is 0 Å². The summed E-state index contributed by atoms with van der Waals surface area (Å²) in [6.45, 7) is 0. The van der Waals surface area contributed by atoms with Gasteiger partial charge in [-0.3, -0.25) is 4.79 Å². The standard InChI is InChI=1S/C13H16O7/c1-19-10-5-7(13(17)18)3-4-8(10)12(16)9(14)6-11(15)20-2/h3-5,9,12,14,16H,6H2,1-2H3,(H,17,18).